The quantitative estimate of drug-likeness (QED) is 0.715. The van der Waals surface area contributed by atoms with E-state index in [2.05, 4.69) is 23.0 Å². The second-order valence-electron chi connectivity index (χ2n) is 6.22. The lowest BCUT2D eigenvalue weighted by Crippen LogP contribution is -2.27. The summed E-state index contributed by atoms with van der Waals surface area (Å²) < 4.78 is 0. The first-order valence-electron chi connectivity index (χ1n) is 8.20. The summed E-state index contributed by atoms with van der Waals surface area (Å²) in [7, 11) is 1.82. The van der Waals surface area contributed by atoms with E-state index in [1.54, 1.807) is 29.3 Å². The van der Waals surface area contributed by atoms with Crippen LogP contribution in [0.5, 0.6) is 0 Å². The SMILES string of the molecule is Cc1cccc2[nH]cc(C(C)N(C)C(=O)C=Cc3ccc(N)nc3)c12. The first-order valence-corrected chi connectivity index (χ1v) is 8.20. The molecule has 0 spiro atoms. The number of H-pyrrole nitrogens is 1. The Morgan fingerprint density at radius 3 is 2.84 bits per heavy atom. The molecule has 2 heterocycles. The molecule has 2 aromatic heterocycles. The third-order valence-corrected chi connectivity index (χ3v) is 4.55. The van der Waals surface area contributed by atoms with Gasteiger partial charge in [-0.15, -0.1) is 0 Å². The molecule has 3 rings (SSSR count). The van der Waals surface area contributed by atoms with Gasteiger partial charge < -0.3 is 15.6 Å². The predicted molar refractivity (Wildman–Crippen MR) is 102 cm³/mol. The second kappa shape index (κ2) is 6.81. The van der Waals surface area contributed by atoms with E-state index < -0.39 is 0 Å². The van der Waals surface area contributed by atoms with E-state index in [1.807, 2.05) is 38.4 Å². The molecule has 0 aliphatic heterocycles. The zero-order chi connectivity index (χ0) is 18.0. The van der Waals surface area contributed by atoms with Gasteiger partial charge in [-0.05, 0) is 54.8 Å². The van der Waals surface area contributed by atoms with Gasteiger partial charge in [0.25, 0.3) is 0 Å². The molecule has 3 aromatic rings. The maximum absolute atomic E-state index is 12.5. The topological polar surface area (TPSA) is 75.0 Å². The summed E-state index contributed by atoms with van der Waals surface area (Å²) in [6.45, 7) is 4.12. The molecule has 0 saturated carbocycles. The number of amides is 1. The van der Waals surface area contributed by atoms with Crippen LogP contribution < -0.4 is 5.73 Å². The first-order chi connectivity index (χ1) is 12.0. The number of aromatic nitrogens is 2. The fourth-order valence-electron chi connectivity index (χ4n) is 2.93. The van der Waals surface area contributed by atoms with E-state index in [0.29, 0.717) is 5.82 Å². The van der Waals surface area contributed by atoms with Crippen LogP contribution in [-0.4, -0.2) is 27.8 Å². The largest absolute Gasteiger partial charge is 0.384 e. The minimum atomic E-state index is -0.0627. The molecule has 0 fully saturated rings. The van der Waals surface area contributed by atoms with E-state index in [1.165, 1.54) is 10.9 Å². The van der Waals surface area contributed by atoms with Gasteiger partial charge in [0.2, 0.25) is 5.91 Å². The molecule has 1 aromatic carbocycles. The Balaban J connectivity index is 1.80. The molecule has 0 radical (unpaired) electrons. The second-order valence-corrected chi connectivity index (χ2v) is 6.22. The zero-order valence-corrected chi connectivity index (χ0v) is 14.7. The summed E-state index contributed by atoms with van der Waals surface area (Å²) in [6, 6.07) is 9.66. The Morgan fingerprint density at radius 2 is 2.12 bits per heavy atom. The van der Waals surface area contributed by atoms with E-state index in [4.69, 9.17) is 5.73 Å². The van der Waals surface area contributed by atoms with Crippen LogP contribution in [0.4, 0.5) is 5.82 Å². The molecule has 1 unspecified atom stereocenters. The average Bonchev–Trinajstić information content (AvgIpc) is 3.05. The van der Waals surface area contributed by atoms with Crippen LogP contribution >= 0.6 is 0 Å². The van der Waals surface area contributed by atoms with Crippen LogP contribution in [0, 0.1) is 6.92 Å². The number of nitrogen functional groups attached to an aromatic ring is 1. The number of nitrogens with zero attached hydrogens (tertiary/aromatic N) is 2. The van der Waals surface area contributed by atoms with E-state index in [0.717, 1.165) is 16.6 Å². The molecule has 5 nitrogen and oxygen atoms in total. The molecule has 128 valence electrons. The summed E-state index contributed by atoms with van der Waals surface area (Å²) in [4.78, 5) is 21.6. The van der Waals surface area contributed by atoms with Crippen LogP contribution in [0.3, 0.4) is 0 Å². The molecule has 0 saturated heterocycles. The van der Waals surface area contributed by atoms with Crippen molar-refractivity contribution in [2.45, 2.75) is 19.9 Å². The van der Waals surface area contributed by atoms with Gasteiger partial charge in [-0.3, -0.25) is 4.79 Å². The van der Waals surface area contributed by atoms with Crippen molar-refractivity contribution in [2.24, 2.45) is 0 Å². The van der Waals surface area contributed by atoms with Crippen LogP contribution in [0.25, 0.3) is 17.0 Å². The Hall–Kier alpha value is -3.08. The van der Waals surface area contributed by atoms with Gasteiger partial charge >= 0.3 is 0 Å². The van der Waals surface area contributed by atoms with Crippen LogP contribution in [0.1, 0.15) is 29.7 Å². The van der Waals surface area contributed by atoms with Crippen molar-refractivity contribution in [3.8, 4) is 0 Å². The van der Waals surface area contributed by atoms with Gasteiger partial charge in [0.1, 0.15) is 5.82 Å². The standard InChI is InChI=1S/C20H22N4O/c1-13-5-4-6-17-20(13)16(12-22-17)14(2)24(3)19(25)10-8-15-7-9-18(21)23-11-15/h4-12,14,22H,1-3H3,(H2,21,23). The summed E-state index contributed by atoms with van der Waals surface area (Å²) in [5.74, 6) is 0.399. The van der Waals surface area contributed by atoms with Gasteiger partial charge in [-0.25, -0.2) is 4.98 Å². The fraction of sp³-hybridized carbons (Fsp3) is 0.200. The number of pyridine rings is 1. The van der Waals surface area contributed by atoms with Crippen LogP contribution in [0.15, 0.2) is 48.8 Å². The number of aromatic amines is 1. The van der Waals surface area contributed by atoms with Crippen molar-refractivity contribution < 1.29 is 4.79 Å². The smallest absolute Gasteiger partial charge is 0.246 e. The minimum absolute atomic E-state index is 0.0449. The number of anilines is 1. The van der Waals surface area contributed by atoms with Crippen molar-refractivity contribution in [3.63, 3.8) is 0 Å². The lowest BCUT2D eigenvalue weighted by atomic mass is 10.0. The molecule has 25 heavy (non-hydrogen) atoms. The molecule has 0 aliphatic carbocycles. The Labute approximate surface area is 147 Å². The van der Waals surface area contributed by atoms with Crippen molar-refractivity contribution in [2.75, 3.05) is 12.8 Å². The number of aryl methyl sites for hydroxylation is 1. The highest BCUT2D eigenvalue weighted by Gasteiger charge is 2.19. The number of rotatable bonds is 4. The summed E-state index contributed by atoms with van der Waals surface area (Å²) in [5.41, 5.74) is 9.81. The van der Waals surface area contributed by atoms with Crippen LogP contribution in [-0.2, 0) is 4.79 Å². The predicted octanol–water partition coefficient (Wildman–Crippen LogP) is 3.69. The summed E-state index contributed by atoms with van der Waals surface area (Å²) >= 11 is 0. The molecule has 0 aliphatic rings. The maximum atomic E-state index is 12.5. The van der Waals surface area contributed by atoms with Crippen molar-refractivity contribution in [3.05, 3.63) is 65.5 Å². The number of hydrogen-bond donors (Lipinski definition) is 2. The molecule has 1 atom stereocenters. The Kier molecular flexibility index (Phi) is 4.57. The molecular weight excluding hydrogens is 312 g/mol. The van der Waals surface area contributed by atoms with E-state index in [9.17, 15) is 4.79 Å². The van der Waals surface area contributed by atoms with Gasteiger partial charge in [0.15, 0.2) is 0 Å². The number of hydrogen-bond acceptors (Lipinski definition) is 3. The van der Waals surface area contributed by atoms with Gasteiger partial charge in [-0.2, -0.15) is 0 Å². The number of likely N-dealkylation sites (N-methyl/N-ethyl adjacent to an activating group) is 1. The molecular formula is C20H22N4O. The van der Waals surface area contributed by atoms with Crippen molar-refractivity contribution >= 4 is 28.7 Å². The maximum Gasteiger partial charge on any atom is 0.246 e. The summed E-state index contributed by atoms with van der Waals surface area (Å²) in [6.07, 6.45) is 6.94. The number of nitrogens with two attached hydrogens (primary N) is 1. The minimum Gasteiger partial charge on any atom is -0.384 e. The molecule has 5 heteroatoms. The zero-order valence-electron chi connectivity index (χ0n) is 14.7. The third-order valence-electron chi connectivity index (χ3n) is 4.55. The number of fused-ring (bicyclic) bond motifs is 1. The highest BCUT2D eigenvalue weighted by molar-refractivity contribution is 5.93. The van der Waals surface area contributed by atoms with Gasteiger partial charge in [0.05, 0.1) is 6.04 Å². The highest BCUT2D eigenvalue weighted by Crippen LogP contribution is 2.29. The normalized spacial score (nSPS) is 12.6. The van der Waals surface area contributed by atoms with E-state index >= 15 is 0 Å². The fourth-order valence-corrected chi connectivity index (χ4v) is 2.93. The Bertz CT molecular complexity index is 925. The van der Waals surface area contributed by atoms with Crippen LogP contribution in [0.2, 0.25) is 0 Å². The third kappa shape index (κ3) is 3.40. The summed E-state index contributed by atoms with van der Waals surface area (Å²) in [5, 5.41) is 1.18. The molecule has 1 amide bonds. The number of carbonyl (C=O) groups excluding carboxylic acids is 1. The Morgan fingerprint density at radius 1 is 1.32 bits per heavy atom. The lowest BCUT2D eigenvalue weighted by Gasteiger charge is -2.24. The molecule has 0 bridgehead atoms. The number of nitrogens with one attached hydrogen (secondary N) is 1. The molecule has 3 N–H and O–H groups in total. The van der Waals surface area contributed by atoms with Gasteiger partial charge in [-0.1, -0.05) is 12.1 Å². The van der Waals surface area contributed by atoms with Crippen molar-refractivity contribution in [1.82, 2.24) is 14.9 Å². The number of benzene rings is 1. The highest BCUT2D eigenvalue weighted by atomic mass is 16.2. The van der Waals surface area contributed by atoms with Crippen molar-refractivity contribution in [1.29, 1.82) is 0 Å². The lowest BCUT2D eigenvalue weighted by molar-refractivity contribution is -0.126. The average molecular weight is 334 g/mol. The number of carbonyl (C=O) groups is 1. The monoisotopic (exact) mass is 334 g/mol. The van der Waals surface area contributed by atoms with E-state index in [-0.39, 0.29) is 11.9 Å². The first kappa shape index (κ1) is 16.8. The van der Waals surface area contributed by atoms with Gasteiger partial charge in [0, 0.05) is 36.4 Å².